The highest BCUT2D eigenvalue weighted by molar-refractivity contribution is 6.05. The molecule has 1 aromatic carbocycles. The molecule has 110 valence electrons. The molecule has 3 rings (SSSR count). The number of rotatable bonds is 3. The van der Waals surface area contributed by atoms with Gasteiger partial charge in [0.1, 0.15) is 0 Å². The molecule has 4 nitrogen and oxygen atoms in total. The maximum Gasteiger partial charge on any atom is 0.244 e. The molecule has 21 heavy (non-hydrogen) atoms. The van der Waals surface area contributed by atoms with Crippen molar-refractivity contribution >= 4 is 22.4 Å². The summed E-state index contributed by atoms with van der Waals surface area (Å²) < 4.78 is 0. The third kappa shape index (κ3) is 2.76. The summed E-state index contributed by atoms with van der Waals surface area (Å²) in [7, 11) is 0. The van der Waals surface area contributed by atoms with Crippen LogP contribution in [-0.2, 0) is 4.79 Å². The van der Waals surface area contributed by atoms with Crippen molar-refractivity contribution in [2.24, 2.45) is 0 Å². The first-order valence-corrected chi connectivity index (χ1v) is 7.57. The van der Waals surface area contributed by atoms with Crippen LogP contribution in [0, 0.1) is 0 Å². The minimum absolute atomic E-state index is 0.0781. The van der Waals surface area contributed by atoms with Crippen molar-refractivity contribution in [1.29, 1.82) is 0 Å². The van der Waals surface area contributed by atoms with E-state index in [4.69, 9.17) is 0 Å². The summed E-state index contributed by atoms with van der Waals surface area (Å²) in [6, 6.07) is 8.29. The third-order valence-electron chi connectivity index (χ3n) is 3.92. The van der Waals surface area contributed by atoms with Crippen LogP contribution in [0.2, 0.25) is 0 Å². The Bertz CT molecular complexity index is 648. The van der Waals surface area contributed by atoms with Crippen LogP contribution in [0.4, 0.5) is 5.69 Å². The molecule has 1 aromatic heterocycles. The number of hydrogen-bond acceptors (Lipinski definition) is 3. The maximum absolute atomic E-state index is 12.7. The summed E-state index contributed by atoms with van der Waals surface area (Å²) in [5.74, 6) is 0.173. The van der Waals surface area contributed by atoms with Gasteiger partial charge in [-0.25, -0.2) is 0 Å². The number of amides is 1. The van der Waals surface area contributed by atoms with E-state index in [2.05, 4.69) is 30.2 Å². The van der Waals surface area contributed by atoms with E-state index < -0.39 is 0 Å². The van der Waals surface area contributed by atoms with Crippen molar-refractivity contribution in [3.8, 4) is 0 Å². The Labute approximate surface area is 125 Å². The first kappa shape index (κ1) is 14.0. The Morgan fingerprint density at radius 3 is 3.00 bits per heavy atom. The highest BCUT2D eigenvalue weighted by Crippen LogP contribution is 2.29. The molecule has 0 bridgehead atoms. The fourth-order valence-electron chi connectivity index (χ4n) is 3.00. The Morgan fingerprint density at radius 2 is 2.19 bits per heavy atom. The van der Waals surface area contributed by atoms with Crippen LogP contribution in [0.5, 0.6) is 0 Å². The topological polar surface area (TPSA) is 45.2 Å². The van der Waals surface area contributed by atoms with Crippen molar-refractivity contribution in [3.05, 3.63) is 36.7 Å². The lowest BCUT2D eigenvalue weighted by Gasteiger charge is -2.34. The maximum atomic E-state index is 12.7. The molecule has 1 atom stereocenters. The van der Waals surface area contributed by atoms with Crippen LogP contribution in [-0.4, -0.2) is 29.5 Å². The smallest absolute Gasteiger partial charge is 0.244 e. The number of piperidine rings is 1. The minimum atomic E-state index is -0.0781. The Kier molecular flexibility index (Phi) is 3.88. The molecular weight excluding hydrogens is 262 g/mol. The van der Waals surface area contributed by atoms with Gasteiger partial charge in [0, 0.05) is 30.4 Å². The van der Waals surface area contributed by atoms with Crippen molar-refractivity contribution in [2.45, 2.75) is 38.8 Å². The van der Waals surface area contributed by atoms with Crippen molar-refractivity contribution in [3.63, 3.8) is 0 Å². The first-order chi connectivity index (χ1) is 10.2. The van der Waals surface area contributed by atoms with Crippen LogP contribution >= 0.6 is 0 Å². The molecule has 1 unspecified atom stereocenters. The van der Waals surface area contributed by atoms with Gasteiger partial charge in [-0.1, -0.05) is 26.0 Å². The van der Waals surface area contributed by atoms with E-state index in [1.807, 2.05) is 29.3 Å². The predicted octanol–water partition coefficient (Wildman–Crippen LogP) is 2.73. The van der Waals surface area contributed by atoms with E-state index in [0.29, 0.717) is 6.04 Å². The third-order valence-corrected chi connectivity index (χ3v) is 3.92. The monoisotopic (exact) mass is 283 g/mol. The van der Waals surface area contributed by atoms with Crippen LogP contribution in [0.1, 0.15) is 26.7 Å². The lowest BCUT2D eigenvalue weighted by Crippen LogP contribution is -2.52. The van der Waals surface area contributed by atoms with Crippen LogP contribution in [0.25, 0.3) is 10.8 Å². The molecule has 1 amide bonds. The molecule has 2 aromatic rings. The molecule has 1 N–H and O–H groups in total. The van der Waals surface area contributed by atoms with Gasteiger partial charge in [0.15, 0.2) is 0 Å². The van der Waals surface area contributed by atoms with E-state index in [1.165, 1.54) is 0 Å². The van der Waals surface area contributed by atoms with Crippen molar-refractivity contribution in [1.82, 2.24) is 10.3 Å². The number of carbonyl (C=O) groups excluding carboxylic acids is 1. The number of pyridine rings is 1. The molecular formula is C17H21N3O. The number of hydrogen-bond donors (Lipinski definition) is 1. The average molecular weight is 283 g/mol. The van der Waals surface area contributed by atoms with E-state index in [0.717, 1.165) is 35.8 Å². The molecule has 0 radical (unpaired) electrons. The van der Waals surface area contributed by atoms with Gasteiger partial charge in [-0.3, -0.25) is 9.78 Å². The molecule has 2 heterocycles. The molecule has 0 spiro atoms. The number of nitrogens with one attached hydrogen (secondary N) is 1. The summed E-state index contributed by atoms with van der Waals surface area (Å²) in [6.07, 6.45) is 5.56. The fraction of sp³-hybridized carbons (Fsp3) is 0.412. The van der Waals surface area contributed by atoms with Gasteiger partial charge >= 0.3 is 0 Å². The average Bonchev–Trinajstić information content (AvgIpc) is 2.49. The second kappa shape index (κ2) is 5.82. The number of anilines is 1. The van der Waals surface area contributed by atoms with E-state index >= 15 is 0 Å². The number of aromatic nitrogens is 1. The zero-order valence-corrected chi connectivity index (χ0v) is 12.5. The van der Waals surface area contributed by atoms with Crippen LogP contribution < -0.4 is 10.2 Å². The van der Waals surface area contributed by atoms with E-state index in [1.54, 1.807) is 6.20 Å². The Balaban J connectivity index is 1.96. The quantitative estimate of drug-likeness (QED) is 0.942. The van der Waals surface area contributed by atoms with E-state index in [9.17, 15) is 4.79 Å². The normalized spacial score (nSPS) is 19.5. The summed E-state index contributed by atoms with van der Waals surface area (Å²) >= 11 is 0. The largest absolute Gasteiger partial charge is 0.310 e. The van der Waals surface area contributed by atoms with Gasteiger partial charge < -0.3 is 10.2 Å². The van der Waals surface area contributed by atoms with Crippen molar-refractivity contribution in [2.75, 3.05) is 11.4 Å². The summed E-state index contributed by atoms with van der Waals surface area (Å²) in [4.78, 5) is 18.9. The fourth-order valence-corrected chi connectivity index (χ4v) is 3.00. The standard InChI is InChI=1S/C17H21N3O/c1-12(2)19-15-6-4-10-20(17(15)21)16-7-3-5-13-8-9-18-11-14(13)16/h3,5,7-9,11-12,15,19H,4,6,10H2,1-2H3. The molecule has 1 saturated heterocycles. The molecule has 4 heteroatoms. The zero-order chi connectivity index (χ0) is 14.8. The van der Waals surface area contributed by atoms with E-state index in [-0.39, 0.29) is 11.9 Å². The molecule has 1 aliphatic rings. The number of nitrogens with zero attached hydrogens (tertiary/aromatic N) is 2. The number of benzene rings is 1. The summed E-state index contributed by atoms with van der Waals surface area (Å²) in [6.45, 7) is 4.94. The van der Waals surface area contributed by atoms with Gasteiger partial charge in [0.2, 0.25) is 5.91 Å². The minimum Gasteiger partial charge on any atom is -0.310 e. The lowest BCUT2D eigenvalue weighted by atomic mass is 10.0. The van der Waals surface area contributed by atoms with Crippen LogP contribution in [0.3, 0.4) is 0 Å². The highest BCUT2D eigenvalue weighted by atomic mass is 16.2. The summed E-state index contributed by atoms with van der Waals surface area (Å²) in [5, 5.41) is 5.53. The van der Waals surface area contributed by atoms with Gasteiger partial charge in [0.25, 0.3) is 0 Å². The second-order valence-corrected chi connectivity index (χ2v) is 5.88. The predicted molar refractivity (Wildman–Crippen MR) is 85.4 cm³/mol. The number of carbonyl (C=O) groups is 1. The zero-order valence-electron chi connectivity index (χ0n) is 12.5. The Hall–Kier alpha value is -1.94. The SMILES string of the molecule is CC(C)NC1CCCN(c2cccc3ccncc23)C1=O. The molecule has 0 aliphatic carbocycles. The van der Waals surface area contributed by atoms with Gasteiger partial charge in [-0.05, 0) is 30.4 Å². The highest BCUT2D eigenvalue weighted by Gasteiger charge is 2.30. The second-order valence-electron chi connectivity index (χ2n) is 5.88. The lowest BCUT2D eigenvalue weighted by molar-refractivity contribution is -0.121. The molecule has 1 aliphatic heterocycles. The molecule has 1 fully saturated rings. The Morgan fingerprint density at radius 1 is 1.33 bits per heavy atom. The van der Waals surface area contributed by atoms with Crippen LogP contribution in [0.15, 0.2) is 36.7 Å². The number of fused-ring (bicyclic) bond motifs is 1. The van der Waals surface area contributed by atoms with Gasteiger partial charge in [-0.15, -0.1) is 0 Å². The van der Waals surface area contributed by atoms with Crippen molar-refractivity contribution < 1.29 is 4.79 Å². The van der Waals surface area contributed by atoms with Gasteiger partial charge in [0.05, 0.1) is 11.7 Å². The first-order valence-electron chi connectivity index (χ1n) is 7.57. The summed E-state index contributed by atoms with van der Waals surface area (Å²) in [5.41, 5.74) is 0.973. The molecule has 0 saturated carbocycles. The van der Waals surface area contributed by atoms with Gasteiger partial charge in [-0.2, -0.15) is 0 Å².